The minimum absolute atomic E-state index is 0.334. The Labute approximate surface area is 157 Å². The fourth-order valence-corrected chi connectivity index (χ4v) is 2.36. The molecule has 2 aromatic carbocycles. The Morgan fingerprint density at radius 2 is 1.69 bits per heavy atom. The van der Waals surface area contributed by atoms with Gasteiger partial charge in [0.25, 0.3) is 5.91 Å². The molecular weight excluding hydrogens is 356 g/mol. The molecule has 2 amide bonds. The van der Waals surface area contributed by atoms with E-state index in [1.807, 2.05) is 0 Å². The highest BCUT2D eigenvalue weighted by molar-refractivity contribution is 6.32. The summed E-state index contributed by atoms with van der Waals surface area (Å²) in [6, 6.07) is 11.5. The Hall–Kier alpha value is -2.73. The number of amides is 2. The van der Waals surface area contributed by atoms with Crippen LogP contribution in [0.4, 0.5) is 16.2 Å². The summed E-state index contributed by atoms with van der Waals surface area (Å²) < 4.78 is 10.3. The SMILES string of the molecule is COc1ccc(NC(=O)c2cccc(NC(=O)OC(C)(C)C)c2)cc1Cl. The zero-order valence-corrected chi connectivity index (χ0v) is 15.8. The van der Waals surface area contributed by atoms with Crippen LogP contribution in [0.2, 0.25) is 5.02 Å². The molecule has 6 nitrogen and oxygen atoms in total. The second-order valence-electron chi connectivity index (χ2n) is 6.51. The highest BCUT2D eigenvalue weighted by atomic mass is 35.5. The first-order valence-corrected chi connectivity index (χ1v) is 8.31. The molecule has 2 aromatic rings. The summed E-state index contributed by atoms with van der Waals surface area (Å²) in [6.07, 6.45) is -0.586. The molecule has 0 aromatic heterocycles. The zero-order valence-electron chi connectivity index (χ0n) is 15.1. The van der Waals surface area contributed by atoms with Gasteiger partial charge < -0.3 is 14.8 Å². The minimum Gasteiger partial charge on any atom is -0.495 e. The van der Waals surface area contributed by atoms with Gasteiger partial charge in [0.05, 0.1) is 12.1 Å². The maximum absolute atomic E-state index is 12.4. The normalized spacial score (nSPS) is 10.8. The van der Waals surface area contributed by atoms with E-state index in [9.17, 15) is 9.59 Å². The number of methoxy groups -OCH3 is 1. The summed E-state index contributed by atoms with van der Waals surface area (Å²) in [6.45, 7) is 5.32. The monoisotopic (exact) mass is 376 g/mol. The van der Waals surface area contributed by atoms with Gasteiger partial charge >= 0.3 is 6.09 Å². The van der Waals surface area contributed by atoms with Gasteiger partial charge in [-0.25, -0.2) is 4.79 Å². The number of hydrogen-bond donors (Lipinski definition) is 2. The van der Waals surface area contributed by atoms with Crippen molar-refractivity contribution >= 4 is 35.0 Å². The fraction of sp³-hybridized carbons (Fsp3) is 0.263. The van der Waals surface area contributed by atoms with Crippen LogP contribution in [0, 0.1) is 0 Å². The van der Waals surface area contributed by atoms with Crippen molar-refractivity contribution in [2.45, 2.75) is 26.4 Å². The van der Waals surface area contributed by atoms with Crippen LogP contribution in [-0.4, -0.2) is 24.7 Å². The van der Waals surface area contributed by atoms with Crippen LogP contribution in [-0.2, 0) is 4.74 Å². The number of anilines is 2. The van der Waals surface area contributed by atoms with Crippen LogP contribution in [0.25, 0.3) is 0 Å². The van der Waals surface area contributed by atoms with E-state index in [4.69, 9.17) is 21.1 Å². The van der Waals surface area contributed by atoms with E-state index >= 15 is 0 Å². The third-order valence-corrected chi connectivity index (χ3v) is 3.48. The predicted octanol–water partition coefficient (Wildman–Crippen LogP) is 4.95. The van der Waals surface area contributed by atoms with E-state index in [1.54, 1.807) is 63.2 Å². The van der Waals surface area contributed by atoms with Crippen LogP contribution < -0.4 is 15.4 Å². The average molecular weight is 377 g/mol. The van der Waals surface area contributed by atoms with Crippen LogP contribution in [0.1, 0.15) is 31.1 Å². The summed E-state index contributed by atoms with van der Waals surface area (Å²) in [5.74, 6) is 0.187. The summed E-state index contributed by atoms with van der Waals surface area (Å²) in [5.41, 5.74) is 0.767. The molecule has 0 unspecified atom stereocenters. The van der Waals surface area contributed by atoms with Crippen molar-refractivity contribution in [3.05, 3.63) is 53.1 Å². The van der Waals surface area contributed by atoms with Crippen molar-refractivity contribution in [2.75, 3.05) is 17.7 Å². The van der Waals surface area contributed by atoms with Gasteiger partial charge in [-0.1, -0.05) is 17.7 Å². The third-order valence-electron chi connectivity index (χ3n) is 3.18. The highest BCUT2D eigenvalue weighted by Gasteiger charge is 2.16. The van der Waals surface area contributed by atoms with E-state index in [-0.39, 0.29) is 5.91 Å². The topological polar surface area (TPSA) is 76.7 Å². The molecule has 2 N–H and O–H groups in total. The van der Waals surface area contributed by atoms with E-state index in [0.29, 0.717) is 27.7 Å². The second-order valence-corrected chi connectivity index (χ2v) is 6.92. The van der Waals surface area contributed by atoms with Gasteiger partial charge in [-0.15, -0.1) is 0 Å². The Kier molecular flexibility index (Phi) is 6.10. The predicted molar refractivity (Wildman–Crippen MR) is 102 cm³/mol. The molecule has 0 heterocycles. The fourth-order valence-electron chi connectivity index (χ4n) is 2.11. The highest BCUT2D eigenvalue weighted by Crippen LogP contribution is 2.27. The molecule has 2 rings (SSSR count). The van der Waals surface area contributed by atoms with Gasteiger partial charge in [-0.2, -0.15) is 0 Å². The largest absolute Gasteiger partial charge is 0.495 e. The smallest absolute Gasteiger partial charge is 0.412 e. The molecule has 0 saturated heterocycles. The van der Waals surface area contributed by atoms with Crippen LogP contribution in [0.15, 0.2) is 42.5 Å². The van der Waals surface area contributed by atoms with Gasteiger partial charge in [-0.3, -0.25) is 10.1 Å². The lowest BCUT2D eigenvalue weighted by atomic mass is 10.2. The molecule has 0 spiro atoms. The lowest BCUT2D eigenvalue weighted by Crippen LogP contribution is -2.27. The summed E-state index contributed by atoms with van der Waals surface area (Å²) in [7, 11) is 1.52. The van der Waals surface area contributed by atoms with Crippen molar-refractivity contribution in [3.8, 4) is 5.75 Å². The molecule has 0 aliphatic rings. The van der Waals surface area contributed by atoms with Gasteiger partial charge in [0.15, 0.2) is 0 Å². The van der Waals surface area contributed by atoms with Crippen molar-refractivity contribution in [1.82, 2.24) is 0 Å². The molecule has 0 radical (unpaired) electrons. The number of carbonyl (C=O) groups excluding carboxylic acids is 2. The van der Waals surface area contributed by atoms with E-state index in [0.717, 1.165) is 0 Å². The molecule has 7 heteroatoms. The Bertz CT molecular complexity index is 815. The molecule has 138 valence electrons. The van der Waals surface area contributed by atoms with Gasteiger partial charge in [0, 0.05) is 16.9 Å². The number of halogens is 1. The Morgan fingerprint density at radius 1 is 1.00 bits per heavy atom. The number of nitrogens with one attached hydrogen (secondary N) is 2. The summed E-state index contributed by atoms with van der Waals surface area (Å²) in [4.78, 5) is 24.3. The number of ether oxygens (including phenoxy) is 2. The first-order valence-electron chi connectivity index (χ1n) is 7.93. The molecule has 0 fully saturated rings. The number of hydrogen-bond acceptors (Lipinski definition) is 4. The molecule has 0 aliphatic heterocycles. The van der Waals surface area contributed by atoms with Crippen molar-refractivity contribution in [3.63, 3.8) is 0 Å². The third kappa shape index (κ3) is 5.67. The molecular formula is C19H21ClN2O4. The maximum atomic E-state index is 12.4. The minimum atomic E-state index is -0.604. The standard InChI is InChI=1S/C19H21ClN2O4/c1-19(2,3)26-18(24)22-13-7-5-6-12(10-13)17(23)21-14-8-9-16(25-4)15(20)11-14/h5-11H,1-4H3,(H,21,23)(H,22,24). The Balaban J connectivity index is 2.08. The molecule has 0 atom stereocenters. The van der Waals surface area contributed by atoms with Crippen molar-refractivity contribution in [2.24, 2.45) is 0 Å². The van der Waals surface area contributed by atoms with Crippen molar-refractivity contribution in [1.29, 1.82) is 0 Å². The number of rotatable bonds is 4. The van der Waals surface area contributed by atoms with E-state index < -0.39 is 11.7 Å². The van der Waals surface area contributed by atoms with Crippen LogP contribution >= 0.6 is 11.6 Å². The first kappa shape index (κ1) is 19.6. The molecule has 0 bridgehead atoms. The van der Waals surface area contributed by atoms with Gasteiger partial charge in [-0.05, 0) is 57.2 Å². The molecule has 0 aliphatic carbocycles. The lowest BCUT2D eigenvalue weighted by molar-refractivity contribution is 0.0635. The average Bonchev–Trinajstić information content (AvgIpc) is 2.53. The summed E-state index contributed by atoms with van der Waals surface area (Å²) in [5, 5.41) is 5.74. The van der Waals surface area contributed by atoms with Crippen molar-refractivity contribution < 1.29 is 19.1 Å². The van der Waals surface area contributed by atoms with Gasteiger partial charge in [0.2, 0.25) is 0 Å². The lowest BCUT2D eigenvalue weighted by Gasteiger charge is -2.19. The molecule has 0 saturated carbocycles. The van der Waals surface area contributed by atoms with Crippen LogP contribution in [0.3, 0.4) is 0 Å². The van der Waals surface area contributed by atoms with Crippen LogP contribution in [0.5, 0.6) is 5.75 Å². The van der Waals surface area contributed by atoms with E-state index in [2.05, 4.69) is 10.6 Å². The maximum Gasteiger partial charge on any atom is 0.412 e. The molecule has 26 heavy (non-hydrogen) atoms. The Morgan fingerprint density at radius 3 is 2.31 bits per heavy atom. The quantitative estimate of drug-likeness (QED) is 0.791. The number of benzene rings is 2. The summed E-state index contributed by atoms with van der Waals surface area (Å²) >= 11 is 6.06. The second kappa shape index (κ2) is 8.10. The zero-order chi connectivity index (χ0) is 19.3. The first-order chi connectivity index (χ1) is 12.2. The van der Waals surface area contributed by atoms with Gasteiger partial charge in [0.1, 0.15) is 11.4 Å². The van der Waals surface area contributed by atoms with E-state index in [1.165, 1.54) is 7.11 Å². The number of carbonyl (C=O) groups is 2.